The molecule has 30 heavy (non-hydrogen) atoms. The molecule has 0 radical (unpaired) electrons. The molecule has 2 aromatic rings. The molecule has 0 aliphatic carbocycles. The van der Waals surface area contributed by atoms with Gasteiger partial charge >= 0.3 is 5.97 Å². The van der Waals surface area contributed by atoms with Crippen LogP contribution in [0.4, 0.5) is 11.4 Å². The van der Waals surface area contributed by atoms with Crippen molar-refractivity contribution in [3.05, 3.63) is 59.2 Å². The summed E-state index contributed by atoms with van der Waals surface area (Å²) >= 11 is 0. The topological polar surface area (TPSA) is 75.7 Å². The molecule has 0 unspecified atom stereocenters. The van der Waals surface area contributed by atoms with Crippen molar-refractivity contribution in [3.63, 3.8) is 0 Å². The van der Waals surface area contributed by atoms with E-state index in [4.69, 9.17) is 4.74 Å². The van der Waals surface area contributed by atoms with Crippen LogP contribution >= 0.6 is 0 Å². The van der Waals surface area contributed by atoms with Crippen molar-refractivity contribution >= 4 is 29.2 Å². The lowest BCUT2D eigenvalue weighted by Gasteiger charge is -2.18. The van der Waals surface area contributed by atoms with Crippen LogP contribution in [0.15, 0.2) is 42.5 Å². The third kappa shape index (κ3) is 5.06. The Balaban J connectivity index is 1.60. The fourth-order valence-electron chi connectivity index (χ4n) is 3.29. The first-order valence-corrected chi connectivity index (χ1v) is 10.2. The summed E-state index contributed by atoms with van der Waals surface area (Å²) < 4.78 is 5.20. The molecule has 2 aromatic carbocycles. The molecule has 1 atom stereocenters. The summed E-state index contributed by atoms with van der Waals surface area (Å²) in [6.07, 6.45) is 0.179. The lowest BCUT2D eigenvalue weighted by Crippen LogP contribution is -2.28. The molecule has 1 fully saturated rings. The molecule has 1 aliphatic heterocycles. The van der Waals surface area contributed by atoms with Gasteiger partial charge < -0.3 is 15.0 Å². The van der Waals surface area contributed by atoms with Crippen LogP contribution < -0.4 is 10.2 Å². The summed E-state index contributed by atoms with van der Waals surface area (Å²) in [6.45, 7) is 8.70. The van der Waals surface area contributed by atoms with Gasteiger partial charge in [0.25, 0.3) is 0 Å². The van der Waals surface area contributed by atoms with Gasteiger partial charge in [-0.2, -0.15) is 0 Å². The molecule has 2 amide bonds. The number of nitrogens with zero attached hydrogens (tertiary/aromatic N) is 1. The summed E-state index contributed by atoms with van der Waals surface area (Å²) in [7, 11) is 0. The van der Waals surface area contributed by atoms with E-state index in [0.717, 1.165) is 16.8 Å². The highest BCUT2D eigenvalue weighted by Gasteiger charge is 2.35. The summed E-state index contributed by atoms with van der Waals surface area (Å²) in [4.78, 5) is 38.8. The van der Waals surface area contributed by atoms with Gasteiger partial charge in [-0.1, -0.05) is 19.9 Å². The Labute approximate surface area is 177 Å². The van der Waals surface area contributed by atoms with Gasteiger partial charge in [-0.3, -0.25) is 9.59 Å². The maximum Gasteiger partial charge on any atom is 0.338 e. The third-order valence-electron chi connectivity index (χ3n) is 5.23. The van der Waals surface area contributed by atoms with Crippen LogP contribution in [-0.2, 0) is 14.3 Å². The van der Waals surface area contributed by atoms with E-state index in [1.54, 1.807) is 29.2 Å². The Kier molecular flexibility index (Phi) is 6.55. The number of amides is 2. The zero-order valence-corrected chi connectivity index (χ0v) is 17.9. The van der Waals surface area contributed by atoms with E-state index in [1.807, 2.05) is 45.9 Å². The predicted molar refractivity (Wildman–Crippen MR) is 117 cm³/mol. The van der Waals surface area contributed by atoms with Crippen molar-refractivity contribution in [2.45, 2.75) is 34.1 Å². The summed E-state index contributed by atoms with van der Waals surface area (Å²) in [5, 5.41) is 2.84. The summed E-state index contributed by atoms with van der Waals surface area (Å²) in [5.74, 6) is -0.793. The van der Waals surface area contributed by atoms with Crippen molar-refractivity contribution < 1.29 is 19.1 Å². The number of rotatable bonds is 6. The van der Waals surface area contributed by atoms with Gasteiger partial charge in [0, 0.05) is 24.3 Å². The zero-order valence-electron chi connectivity index (χ0n) is 17.9. The maximum absolute atomic E-state index is 12.7. The second-order valence-electron chi connectivity index (χ2n) is 8.23. The number of carbonyl (C=O) groups excluding carboxylic acids is 3. The minimum absolute atomic E-state index is 0.0540. The van der Waals surface area contributed by atoms with Gasteiger partial charge in [0.15, 0.2) is 0 Å². The molecule has 0 aromatic heterocycles. The van der Waals surface area contributed by atoms with Crippen molar-refractivity contribution in [3.8, 4) is 0 Å². The Morgan fingerprint density at radius 3 is 2.43 bits per heavy atom. The maximum atomic E-state index is 12.7. The van der Waals surface area contributed by atoms with Crippen LogP contribution in [0.1, 0.15) is 41.8 Å². The molecule has 0 saturated carbocycles. The van der Waals surface area contributed by atoms with Gasteiger partial charge in [-0.15, -0.1) is 0 Å². The zero-order chi connectivity index (χ0) is 21.8. The Morgan fingerprint density at radius 1 is 1.10 bits per heavy atom. The Morgan fingerprint density at radius 2 is 1.80 bits per heavy atom. The molecule has 0 spiro atoms. The smallest absolute Gasteiger partial charge is 0.338 e. The standard InChI is InChI=1S/C24H28N2O4/c1-15(2)14-30-24(29)18-6-8-20(9-7-18)25-23(28)19-12-22(27)26(13-19)21-10-5-16(3)17(4)11-21/h5-11,15,19H,12-14H2,1-4H3,(H,25,28)/t19-/m0/s1. The number of hydrogen-bond donors (Lipinski definition) is 1. The monoisotopic (exact) mass is 408 g/mol. The predicted octanol–water partition coefficient (Wildman–Crippen LogP) is 4.11. The van der Waals surface area contributed by atoms with Crippen LogP contribution in [0.3, 0.4) is 0 Å². The number of carbonyl (C=O) groups is 3. The van der Waals surface area contributed by atoms with Crippen LogP contribution in [0.5, 0.6) is 0 Å². The van der Waals surface area contributed by atoms with Crippen LogP contribution in [0, 0.1) is 25.7 Å². The molecular weight excluding hydrogens is 380 g/mol. The number of nitrogens with one attached hydrogen (secondary N) is 1. The Hall–Kier alpha value is -3.15. The minimum atomic E-state index is -0.421. The average molecular weight is 408 g/mol. The quantitative estimate of drug-likeness (QED) is 0.730. The van der Waals surface area contributed by atoms with Gasteiger partial charge in [0.05, 0.1) is 18.1 Å². The fraction of sp³-hybridized carbons (Fsp3) is 0.375. The molecule has 1 aliphatic rings. The minimum Gasteiger partial charge on any atom is -0.462 e. The van der Waals surface area contributed by atoms with E-state index in [-0.39, 0.29) is 30.1 Å². The van der Waals surface area contributed by atoms with Gasteiger partial charge in [0.2, 0.25) is 11.8 Å². The SMILES string of the molecule is Cc1ccc(N2C[C@@H](C(=O)Nc3ccc(C(=O)OCC(C)C)cc3)CC2=O)cc1C. The first-order chi connectivity index (χ1) is 14.2. The number of esters is 1. The van der Waals surface area contributed by atoms with Crippen LogP contribution in [0.25, 0.3) is 0 Å². The average Bonchev–Trinajstić information content (AvgIpc) is 3.10. The van der Waals surface area contributed by atoms with E-state index in [9.17, 15) is 14.4 Å². The molecule has 1 saturated heterocycles. The van der Waals surface area contributed by atoms with E-state index in [2.05, 4.69) is 5.32 Å². The van der Waals surface area contributed by atoms with E-state index < -0.39 is 5.92 Å². The van der Waals surface area contributed by atoms with Gasteiger partial charge in [0.1, 0.15) is 0 Å². The van der Waals surface area contributed by atoms with E-state index >= 15 is 0 Å². The second-order valence-corrected chi connectivity index (χ2v) is 8.23. The molecule has 3 rings (SSSR count). The van der Waals surface area contributed by atoms with Crippen molar-refractivity contribution in [2.24, 2.45) is 11.8 Å². The lowest BCUT2D eigenvalue weighted by molar-refractivity contribution is -0.122. The lowest BCUT2D eigenvalue weighted by atomic mass is 10.1. The molecule has 6 heteroatoms. The first-order valence-electron chi connectivity index (χ1n) is 10.2. The molecule has 0 bridgehead atoms. The molecule has 158 valence electrons. The van der Waals surface area contributed by atoms with Gasteiger partial charge in [-0.05, 0) is 67.3 Å². The molecule has 1 N–H and O–H groups in total. The number of ether oxygens (including phenoxy) is 1. The van der Waals surface area contributed by atoms with Crippen molar-refractivity contribution in [2.75, 3.05) is 23.4 Å². The second kappa shape index (κ2) is 9.11. The summed E-state index contributed by atoms with van der Waals surface area (Å²) in [6, 6.07) is 12.5. The molecule has 1 heterocycles. The fourth-order valence-corrected chi connectivity index (χ4v) is 3.29. The normalized spacial score (nSPS) is 16.1. The number of anilines is 2. The molecule has 6 nitrogen and oxygen atoms in total. The van der Waals surface area contributed by atoms with Crippen LogP contribution in [-0.4, -0.2) is 30.9 Å². The number of hydrogen-bond acceptors (Lipinski definition) is 4. The van der Waals surface area contributed by atoms with Crippen LogP contribution in [0.2, 0.25) is 0 Å². The van der Waals surface area contributed by atoms with Crippen molar-refractivity contribution in [1.29, 1.82) is 0 Å². The van der Waals surface area contributed by atoms with Crippen molar-refractivity contribution in [1.82, 2.24) is 0 Å². The number of aryl methyl sites for hydroxylation is 2. The Bertz CT molecular complexity index is 950. The highest BCUT2D eigenvalue weighted by Crippen LogP contribution is 2.27. The number of benzene rings is 2. The highest BCUT2D eigenvalue weighted by molar-refractivity contribution is 6.03. The summed E-state index contributed by atoms with van der Waals surface area (Å²) in [5.41, 5.74) is 4.11. The highest BCUT2D eigenvalue weighted by atomic mass is 16.5. The largest absolute Gasteiger partial charge is 0.462 e. The molecular formula is C24H28N2O4. The first kappa shape index (κ1) is 21.6. The van der Waals surface area contributed by atoms with E-state index in [1.165, 1.54) is 0 Å². The van der Waals surface area contributed by atoms with E-state index in [0.29, 0.717) is 24.4 Å². The third-order valence-corrected chi connectivity index (χ3v) is 5.23. The van der Waals surface area contributed by atoms with Gasteiger partial charge in [-0.25, -0.2) is 4.79 Å².